The van der Waals surface area contributed by atoms with Gasteiger partial charge in [0.1, 0.15) is 11.9 Å². The molecular formula is C18H17FN4O. The molecule has 0 saturated carbocycles. The normalized spacial score (nSPS) is 25.1. The molecule has 4 rings (SSSR count). The number of amides is 1. The van der Waals surface area contributed by atoms with E-state index in [1.54, 1.807) is 24.3 Å². The molecule has 1 aromatic rings. The molecule has 1 fully saturated rings. The fraction of sp³-hybridized carbons (Fsp3) is 0.278. The van der Waals surface area contributed by atoms with Crippen LogP contribution in [-0.2, 0) is 4.79 Å². The van der Waals surface area contributed by atoms with Crippen molar-refractivity contribution in [2.75, 3.05) is 6.54 Å². The fourth-order valence-electron chi connectivity index (χ4n) is 3.33. The van der Waals surface area contributed by atoms with Crippen LogP contribution in [0.4, 0.5) is 4.39 Å². The van der Waals surface area contributed by atoms with Crippen LogP contribution in [0.25, 0.3) is 0 Å². The van der Waals surface area contributed by atoms with E-state index in [0.717, 1.165) is 24.9 Å². The number of amidine groups is 1. The standard InChI is InChI=1S/C18H17FN4O/c19-13-9-10(14-5-2-8-21-14)6-7-11(13)18-22-15-4-1-3-12(17(20)24)16(15)23-18/h1,3-4,6-7,9,14-15,21H,2,5,8H2,(H2,20,24)/t14-,15+/m0/s1. The van der Waals surface area contributed by atoms with Gasteiger partial charge in [0.05, 0.1) is 16.8 Å². The minimum Gasteiger partial charge on any atom is -0.366 e. The first-order valence-electron chi connectivity index (χ1n) is 8.02. The zero-order chi connectivity index (χ0) is 16.7. The summed E-state index contributed by atoms with van der Waals surface area (Å²) in [6.45, 7) is 0.963. The lowest BCUT2D eigenvalue weighted by Crippen LogP contribution is -2.27. The average Bonchev–Trinajstić information content (AvgIpc) is 3.23. The zero-order valence-corrected chi connectivity index (χ0v) is 13.0. The van der Waals surface area contributed by atoms with Gasteiger partial charge in [0.25, 0.3) is 5.91 Å². The van der Waals surface area contributed by atoms with Crippen molar-refractivity contribution in [1.29, 1.82) is 0 Å². The Morgan fingerprint density at radius 1 is 1.38 bits per heavy atom. The molecule has 122 valence electrons. The van der Waals surface area contributed by atoms with Crippen molar-refractivity contribution in [3.05, 3.63) is 58.9 Å². The molecule has 2 heterocycles. The Balaban J connectivity index is 1.66. The van der Waals surface area contributed by atoms with E-state index in [1.165, 1.54) is 0 Å². The van der Waals surface area contributed by atoms with Crippen LogP contribution in [0.2, 0.25) is 0 Å². The van der Waals surface area contributed by atoms with E-state index >= 15 is 0 Å². The predicted molar refractivity (Wildman–Crippen MR) is 90.6 cm³/mol. The van der Waals surface area contributed by atoms with E-state index in [1.807, 2.05) is 12.1 Å². The predicted octanol–water partition coefficient (Wildman–Crippen LogP) is 1.80. The van der Waals surface area contributed by atoms with Gasteiger partial charge in [-0.15, -0.1) is 0 Å². The summed E-state index contributed by atoms with van der Waals surface area (Å²) in [6, 6.07) is 5.00. The van der Waals surface area contributed by atoms with Crippen molar-refractivity contribution in [3.8, 4) is 0 Å². The number of halogens is 1. The molecular weight excluding hydrogens is 307 g/mol. The van der Waals surface area contributed by atoms with Crippen molar-refractivity contribution >= 4 is 17.5 Å². The molecule has 5 nitrogen and oxygen atoms in total. The maximum Gasteiger partial charge on any atom is 0.250 e. The molecule has 1 aromatic carbocycles. The highest BCUT2D eigenvalue weighted by Gasteiger charge is 2.29. The molecule has 1 amide bonds. The zero-order valence-electron chi connectivity index (χ0n) is 13.0. The van der Waals surface area contributed by atoms with E-state index < -0.39 is 5.91 Å². The number of carbonyl (C=O) groups excluding carboxylic acids is 1. The van der Waals surface area contributed by atoms with Crippen molar-refractivity contribution in [2.45, 2.75) is 24.9 Å². The molecule has 2 atom stereocenters. The Morgan fingerprint density at radius 3 is 2.96 bits per heavy atom. The van der Waals surface area contributed by atoms with Crippen LogP contribution >= 0.6 is 0 Å². The minimum absolute atomic E-state index is 0.209. The molecule has 0 bridgehead atoms. The minimum atomic E-state index is -0.553. The first-order chi connectivity index (χ1) is 11.6. The van der Waals surface area contributed by atoms with E-state index in [-0.39, 0.29) is 17.9 Å². The summed E-state index contributed by atoms with van der Waals surface area (Å²) >= 11 is 0. The first kappa shape index (κ1) is 15.0. The van der Waals surface area contributed by atoms with Crippen LogP contribution in [0.15, 0.2) is 52.0 Å². The molecule has 0 radical (unpaired) electrons. The average molecular weight is 324 g/mol. The number of allylic oxidation sites excluding steroid dienone is 2. The first-order valence-corrected chi connectivity index (χ1v) is 8.02. The van der Waals surface area contributed by atoms with Gasteiger partial charge in [-0.05, 0) is 43.2 Å². The molecule has 1 aliphatic carbocycles. The second kappa shape index (κ2) is 5.79. The molecule has 0 aromatic heterocycles. The monoisotopic (exact) mass is 324 g/mol. The van der Waals surface area contributed by atoms with E-state index in [2.05, 4.69) is 15.3 Å². The van der Waals surface area contributed by atoms with Crippen molar-refractivity contribution in [3.63, 3.8) is 0 Å². The maximum atomic E-state index is 14.6. The number of primary amides is 1. The Kier molecular flexibility index (Phi) is 3.61. The summed E-state index contributed by atoms with van der Waals surface area (Å²) in [5.41, 5.74) is 7.47. The number of nitrogens with two attached hydrogens (primary N) is 1. The van der Waals surface area contributed by atoms with Gasteiger partial charge in [0.15, 0.2) is 5.84 Å². The Bertz CT molecular complexity index is 831. The molecule has 2 aliphatic heterocycles. The van der Waals surface area contributed by atoms with E-state index in [4.69, 9.17) is 5.73 Å². The highest BCUT2D eigenvalue weighted by molar-refractivity contribution is 6.30. The molecule has 24 heavy (non-hydrogen) atoms. The van der Waals surface area contributed by atoms with Gasteiger partial charge in [-0.2, -0.15) is 0 Å². The number of aliphatic imine (C=N–C) groups is 2. The summed E-state index contributed by atoms with van der Waals surface area (Å²) in [6.07, 6.45) is 7.27. The smallest absolute Gasteiger partial charge is 0.250 e. The van der Waals surface area contributed by atoms with Crippen molar-refractivity contribution in [2.24, 2.45) is 15.7 Å². The Morgan fingerprint density at radius 2 is 2.25 bits per heavy atom. The third-order valence-electron chi connectivity index (χ3n) is 4.56. The molecule has 0 unspecified atom stereocenters. The number of benzene rings is 1. The number of carbonyl (C=O) groups is 1. The highest BCUT2D eigenvalue weighted by Crippen LogP contribution is 2.27. The lowest BCUT2D eigenvalue weighted by molar-refractivity contribution is -0.114. The molecule has 3 aliphatic rings. The van der Waals surface area contributed by atoms with Gasteiger partial charge >= 0.3 is 0 Å². The SMILES string of the molecule is NC(=O)C1=CC=C[C@H]2N=C(c3ccc([C@@H]4CCCN4)cc3F)N=C12. The third kappa shape index (κ3) is 2.49. The molecule has 0 spiro atoms. The lowest BCUT2D eigenvalue weighted by atomic mass is 9.98. The third-order valence-corrected chi connectivity index (χ3v) is 4.56. The molecule has 6 heteroatoms. The van der Waals surface area contributed by atoms with Crippen LogP contribution in [0, 0.1) is 5.82 Å². The number of rotatable bonds is 3. The van der Waals surface area contributed by atoms with Crippen molar-refractivity contribution < 1.29 is 9.18 Å². The second-order valence-electron chi connectivity index (χ2n) is 6.11. The fourth-order valence-corrected chi connectivity index (χ4v) is 3.33. The number of hydrogen-bond donors (Lipinski definition) is 2. The summed E-state index contributed by atoms with van der Waals surface area (Å²) in [4.78, 5) is 20.3. The van der Waals surface area contributed by atoms with E-state index in [9.17, 15) is 9.18 Å². The quantitative estimate of drug-likeness (QED) is 0.889. The number of nitrogens with one attached hydrogen (secondary N) is 1. The summed E-state index contributed by atoms with van der Waals surface area (Å²) in [5, 5.41) is 3.36. The number of hydrogen-bond acceptors (Lipinski definition) is 4. The van der Waals surface area contributed by atoms with Gasteiger partial charge in [-0.3, -0.25) is 9.79 Å². The van der Waals surface area contributed by atoms with Gasteiger partial charge in [-0.25, -0.2) is 9.38 Å². The van der Waals surface area contributed by atoms with E-state index in [0.29, 0.717) is 22.7 Å². The summed E-state index contributed by atoms with van der Waals surface area (Å²) in [5.74, 6) is -0.601. The van der Waals surface area contributed by atoms with Crippen LogP contribution in [0.3, 0.4) is 0 Å². The van der Waals surface area contributed by atoms with Gasteiger partial charge in [0.2, 0.25) is 0 Å². The summed E-state index contributed by atoms with van der Waals surface area (Å²) in [7, 11) is 0. The second-order valence-corrected chi connectivity index (χ2v) is 6.11. The van der Waals surface area contributed by atoms with Crippen LogP contribution < -0.4 is 11.1 Å². The largest absolute Gasteiger partial charge is 0.366 e. The topological polar surface area (TPSA) is 79.8 Å². The van der Waals surface area contributed by atoms with Crippen LogP contribution in [-0.4, -0.2) is 30.0 Å². The van der Waals surface area contributed by atoms with Gasteiger partial charge in [0, 0.05) is 6.04 Å². The van der Waals surface area contributed by atoms with Gasteiger partial charge in [-0.1, -0.05) is 18.2 Å². The van der Waals surface area contributed by atoms with Gasteiger partial charge < -0.3 is 11.1 Å². The number of fused-ring (bicyclic) bond motifs is 1. The van der Waals surface area contributed by atoms with Crippen molar-refractivity contribution in [1.82, 2.24) is 5.32 Å². The highest BCUT2D eigenvalue weighted by atomic mass is 19.1. The Labute approximate surface area is 138 Å². The molecule has 3 N–H and O–H groups in total. The molecule has 1 saturated heterocycles. The Hall–Kier alpha value is -2.60. The maximum absolute atomic E-state index is 14.6. The van der Waals surface area contributed by atoms with Crippen LogP contribution in [0.5, 0.6) is 0 Å². The number of nitrogens with zero attached hydrogens (tertiary/aromatic N) is 2. The summed E-state index contributed by atoms with van der Waals surface area (Å²) < 4.78 is 14.6. The lowest BCUT2D eigenvalue weighted by Gasteiger charge is -2.11. The van der Waals surface area contributed by atoms with Crippen LogP contribution in [0.1, 0.15) is 30.0 Å².